The van der Waals surface area contributed by atoms with Crippen LogP contribution in [0.25, 0.3) is 0 Å². The Bertz CT molecular complexity index is 633. The van der Waals surface area contributed by atoms with Gasteiger partial charge in [0.15, 0.2) is 11.6 Å². The summed E-state index contributed by atoms with van der Waals surface area (Å²) in [6.07, 6.45) is 11.5. The van der Waals surface area contributed by atoms with Crippen LogP contribution in [0.5, 0.6) is 0 Å². The zero-order chi connectivity index (χ0) is 19.4. The fraction of sp³-hybridized carbons (Fsp3) is 0.708. The molecule has 0 radical (unpaired) electrons. The van der Waals surface area contributed by atoms with Crippen molar-refractivity contribution in [1.82, 2.24) is 0 Å². The standard InChI is InChI=1S/C24H34F2O/c1-3-4-5-17-6-8-18(9-7-17)16(2)21-12-10-20(15-24(21)27)19-11-13-22(25)23(26)14-19/h11,13-14,16-18,20-21H,3-10,12,15H2,1-2H3/t16?,17?,18?,20-,21+/m1/s1. The van der Waals surface area contributed by atoms with Gasteiger partial charge in [-0.3, -0.25) is 4.79 Å². The van der Waals surface area contributed by atoms with Gasteiger partial charge in [-0.05, 0) is 67.1 Å². The van der Waals surface area contributed by atoms with E-state index in [2.05, 4.69) is 13.8 Å². The van der Waals surface area contributed by atoms with Gasteiger partial charge in [0.25, 0.3) is 0 Å². The van der Waals surface area contributed by atoms with Crippen LogP contribution in [0.2, 0.25) is 0 Å². The van der Waals surface area contributed by atoms with Crippen molar-refractivity contribution in [3.63, 3.8) is 0 Å². The number of hydrogen-bond acceptors (Lipinski definition) is 1. The molecule has 1 unspecified atom stereocenters. The van der Waals surface area contributed by atoms with Crippen molar-refractivity contribution in [3.8, 4) is 0 Å². The molecule has 1 nitrogen and oxygen atoms in total. The van der Waals surface area contributed by atoms with Crippen LogP contribution < -0.4 is 0 Å². The third kappa shape index (κ3) is 4.97. The molecule has 27 heavy (non-hydrogen) atoms. The number of halogens is 2. The lowest BCUT2D eigenvalue weighted by atomic mass is 9.66. The molecular weight excluding hydrogens is 342 g/mol. The Hall–Kier alpha value is -1.25. The first-order valence-corrected chi connectivity index (χ1v) is 11.0. The fourth-order valence-corrected chi connectivity index (χ4v) is 5.47. The molecule has 2 fully saturated rings. The van der Waals surface area contributed by atoms with Gasteiger partial charge in [-0.2, -0.15) is 0 Å². The summed E-state index contributed by atoms with van der Waals surface area (Å²) < 4.78 is 26.7. The molecule has 0 saturated heterocycles. The minimum absolute atomic E-state index is 0.0424. The molecule has 0 amide bonds. The molecule has 0 heterocycles. The number of unbranched alkanes of at least 4 members (excludes halogenated alkanes) is 1. The van der Waals surface area contributed by atoms with Crippen molar-refractivity contribution in [2.75, 3.05) is 0 Å². The van der Waals surface area contributed by atoms with E-state index in [1.54, 1.807) is 6.07 Å². The summed E-state index contributed by atoms with van der Waals surface area (Å²) in [5.41, 5.74) is 0.768. The van der Waals surface area contributed by atoms with E-state index in [0.717, 1.165) is 24.3 Å². The van der Waals surface area contributed by atoms with Crippen LogP contribution in [0.4, 0.5) is 8.78 Å². The predicted molar refractivity (Wildman–Crippen MR) is 106 cm³/mol. The zero-order valence-electron chi connectivity index (χ0n) is 16.9. The van der Waals surface area contributed by atoms with Crippen LogP contribution in [-0.2, 0) is 4.79 Å². The monoisotopic (exact) mass is 376 g/mol. The van der Waals surface area contributed by atoms with Crippen LogP contribution in [0.1, 0.15) is 89.5 Å². The molecule has 0 spiro atoms. The normalized spacial score (nSPS) is 30.3. The number of carbonyl (C=O) groups is 1. The van der Waals surface area contributed by atoms with Gasteiger partial charge in [0.2, 0.25) is 0 Å². The van der Waals surface area contributed by atoms with E-state index in [1.807, 2.05) is 0 Å². The van der Waals surface area contributed by atoms with Crippen LogP contribution >= 0.6 is 0 Å². The molecule has 3 rings (SSSR count). The van der Waals surface area contributed by atoms with Crippen LogP contribution in [-0.4, -0.2) is 5.78 Å². The molecule has 2 saturated carbocycles. The molecule has 150 valence electrons. The topological polar surface area (TPSA) is 17.1 Å². The summed E-state index contributed by atoms with van der Waals surface area (Å²) in [6, 6.07) is 4.09. The SMILES string of the molecule is CCCCC1CCC(C(C)[C@@H]2CC[C@@H](c3ccc(F)c(F)c3)CC2=O)CC1. The summed E-state index contributed by atoms with van der Waals surface area (Å²) in [6.45, 7) is 4.54. The first kappa shape index (κ1) is 20.5. The largest absolute Gasteiger partial charge is 0.299 e. The first-order valence-electron chi connectivity index (χ1n) is 11.0. The lowest BCUT2D eigenvalue weighted by Crippen LogP contribution is -2.34. The molecule has 1 aromatic rings. The summed E-state index contributed by atoms with van der Waals surface area (Å²) in [5.74, 6) is 0.929. The Morgan fingerprint density at radius 2 is 1.78 bits per heavy atom. The zero-order valence-corrected chi connectivity index (χ0v) is 16.9. The highest BCUT2D eigenvalue weighted by Crippen LogP contribution is 2.43. The first-order chi connectivity index (χ1) is 13.0. The molecule has 2 aliphatic carbocycles. The molecule has 0 bridgehead atoms. The maximum atomic E-state index is 13.5. The molecule has 2 aliphatic rings. The van der Waals surface area contributed by atoms with Gasteiger partial charge in [-0.25, -0.2) is 8.78 Å². The van der Waals surface area contributed by atoms with Gasteiger partial charge in [0.05, 0.1) is 0 Å². The number of Topliss-reactive ketones (excluding diaryl/α,β-unsaturated/α-hetero) is 1. The van der Waals surface area contributed by atoms with Crippen LogP contribution in [0.3, 0.4) is 0 Å². The molecule has 3 atom stereocenters. The van der Waals surface area contributed by atoms with Crippen LogP contribution in [0.15, 0.2) is 18.2 Å². The van der Waals surface area contributed by atoms with Crippen molar-refractivity contribution in [3.05, 3.63) is 35.4 Å². The molecule has 0 aliphatic heterocycles. The smallest absolute Gasteiger partial charge is 0.159 e. The second-order valence-electron chi connectivity index (χ2n) is 9.01. The minimum Gasteiger partial charge on any atom is -0.299 e. The Balaban J connectivity index is 1.53. The van der Waals surface area contributed by atoms with E-state index >= 15 is 0 Å². The molecular formula is C24H34F2O. The molecule has 0 N–H and O–H groups in total. The van der Waals surface area contributed by atoms with E-state index in [9.17, 15) is 13.6 Å². The average Bonchev–Trinajstić information content (AvgIpc) is 2.68. The molecule has 3 heteroatoms. The third-order valence-corrected chi connectivity index (χ3v) is 7.34. The Morgan fingerprint density at radius 1 is 1.04 bits per heavy atom. The number of benzene rings is 1. The van der Waals surface area contributed by atoms with E-state index in [4.69, 9.17) is 0 Å². The van der Waals surface area contributed by atoms with Gasteiger partial charge in [-0.1, -0.05) is 52.0 Å². The number of ketones is 1. The highest BCUT2D eigenvalue weighted by molar-refractivity contribution is 5.83. The lowest BCUT2D eigenvalue weighted by molar-refractivity contribution is -0.127. The van der Waals surface area contributed by atoms with Crippen molar-refractivity contribution >= 4 is 5.78 Å². The molecule has 0 aromatic heterocycles. The third-order valence-electron chi connectivity index (χ3n) is 7.34. The van der Waals surface area contributed by atoms with E-state index in [1.165, 1.54) is 57.1 Å². The summed E-state index contributed by atoms with van der Waals surface area (Å²) >= 11 is 0. The van der Waals surface area contributed by atoms with Gasteiger partial charge in [0.1, 0.15) is 5.78 Å². The lowest BCUT2D eigenvalue weighted by Gasteiger charge is -2.38. The fourth-order valence-electron chi connectivity index (χ4n) is 5.47. The predicted octanol–water partition coefficient (Wildman–Crippen LogP) is 7.05. The Morgan fingerprint density at radius 3 is 2.41 bits per heavy atom. The Kier molecular flexibility index (Phi) is 7.05. The van der Waals surface area contributed by atoms with Gasteiger partial charge in [0, 0.05) is 12.3 Å². The number of carbonyl (C=O) groups excluding carboxylic acids is 1. The highest BCUT2D eigenvalue weighted by Gasteiger charge is 2.37. The van der Waals surface area contributed by atoms with Gasteiger partial charge < -0.3 is 0 Å². The van der Waals surface area contributed by atoms with Gasteiger partial charge >= 0.3 is 0 Å². The van der Waals surface area contributed by atoms with E-state index in [0.29, 0.717) is 24.0 Å². The molecule has 1 aromatic carbocycles. The van der Waals surface area contributed by atoms with Crippen LogP contribution in [0, 0.1) is 35.3 Å². The highest BCUT2D eigenvalue weighted by atomic mass is 19.2. The van der Waals surface area contributed by atoms with Gasteiger partial charge in [-0.15, -0.1) is 0 Å². The van der Waals surface area contributed by atoms with Crippen molar-refractivity contribution in [2.24, 2.45) is 23.7 Å². The Labute approximate surface area is 162 Å². The van der Waals surface area contributed by atoms with E-state index in [-0.39, 0.29) is 11.8 Å². The quantitative estimate of drug-likeness (QED) is 0.520. The maximum Gasteiger partial charge on any atom is 0.159 e. The number of rotatable bonds is 6. The second kappa shape index (κ2) is 9.30. The van der Waals surface area contributed by atoms with Crippen molar-refractivity contribution in [2.45, 2.75) is 84.0 Å². The summed E-state index contributed by atoms with van der Waals surface area (Å²) in [7, 11) is 0. The average molecular weight is 377 g/mol. The van der Waals surface area contributed by atoms with Crippen molar-refractivity contribution in [1.29, 1.82) is 0 Å². The number of hydrogen-bond donors (Lipinski definition) is 0. The van der Waals surface area contributed by atoms with E-state index < -0.39 is 11.6 Å². The second-order valence-corrected chi connectivity index (χ2v) is 9.01. The summed E-state index contributed by atoms with van der Waals surface area (Å²) in [4.78, 5) is 12.9. The minimum atomic E-state index is -0.818. The maximum absolute atomic E-state index is 13.5. The summed E-state index contributed by atoms with van der Waals surface area (Å²) in [5, 5.41) is 0. The van der Waals surface area contributed by atoms with Crippen molar-refractivity contribution < 1.29 is 13.6 Å².